The summed E-state index contributed by atoms with van der Waals surface area (Å²) in [7, 11) is 3.41. The Bertz CT molecular complexity index is 799. The summed E-state index contributed by atoms with van der Waals surface area (Å²) in [5.74, 6) is 1.53. The molecular formula is C23H35N5O4. The summed E-state index contributed by atoms with van der Waals surface area (Å²) in [6, 6.07) is 7.65. The number of likely N-dealkylation sites (N-methyl/N-ethyl adjacent to an activating group) is 1. The minimum atomic E-state index is -0.258. The maximum absolute atomic E-state index is 12.6. The van der Waals surface area contributed by atoms with Gasteiger partial charge in [0.25, 0.3) is 11.8 Å². The number of ether oxygens (including phenoxy) is 2. The van der Waals surface area contributed by atoms with Crippen molar-refractivity contribution in [1.29, 1.82) is 0 Å². The van der Waals surface area contributed by atoms with Gasteiger partial charge in [0.05, 0.1) is 6.54 Å². The molecule has 0 aliphatic carbocycles. The van der Waals surface area contributed by atoms with Gasteiger partial charge >= 0.3 is 0 Å². The molecule has 1 atom stereocenters. The second-order valence-corrected chi connectivity index (χ2v) is 8.21. The molecule has 0 spiro atoms. The smallest absolute Gasteiger partial charge is 0.259 e. The van der Waals surface area contributed by atoms with Crippen molar-refractivity contribution in [1.82, 2.24) is 20.0 Å². The van der Waals surface area contributed by atoms with Crippen LogP contribution in [0.3, 0.4) is 0 Å². The van der Waals surface area contributed by atoms with Crippen molar-refractivity contribution in [2.75, 3.05) is 60.0 Å². The molecule has 2 aliphatic rings. The molecule has 9 heteroatoms. The topological polar surface area (TPSA) is 86.7 Å². The predicted molar refractivity (Wildman–Crippen MR) is 123 cm³/mol. The van der Waals surface area contributed by atoms with E-state index in [0.717, 1.165) is 44.0 Å². The van der Waals surface area contributed by atoms with E-state index in [2.05, 4.69) is 10.2 Å². The fraction of sp³-hybridized carbons (Fsp3) is 0.609. The van der Waals surface area contributed by atoms with Crippen LogP contribution in [0.5, 0.6) is 5.75 Å². The molecular weight excluding hydrogens is 410 g/mol. The number of nitrogens with one attached hydrogen (secondary N) is 1. The third-order valence-electron chi connectivity index (χ3n) is 5.60. The highest BCUT2D eigenvalue weighted by molar-refractivity contribution is 5.83. The minimum Gasteiger partial charge on any atom is -0.484 e. The fourth-order valence-corrected chi connectivity index (χ4v) is 3.71. The Balaban J connectivity index is 1.55. The number of guanidine groups is 1. The van der Waals surface area contributed by atoms with Crippen LogP contribution in [-0.4, -0.2) is 98.6 Å². The summed E-state index contributed by atoms with van der Waals surface area (Å²) in [5.41, 5.74) is 1.00. The molecule has 2 fully saturated rings. The summed E-state index contributed by atoms with van der Waals surface area (Å²) in [4.78, 5) is 34.7. The van der Waals surface area contributed by atoms with E-state index in [-0.39, 0.29) is 24.5 Å². The lowest BCUT2D eigenvalue weighted by Gasteiger charge is -2.37. The molecule has 176 valence electrons. The Kier molecular flexibility index (Phi) is 8.72. The van der Waals surface area contributed by atoms with E-state index in [0.29, 0.717) is 32.0 Å². The van der Waals surface area contributed by atoms with Gasteiger partial charge in [-0.25, -0.2) is 4.99 Å². The summed E-state index contributed by atoms with van der Waals surface area (Å²) in [6.07, 6.45) is 1.53. The van der Waals surface area contributed by atoms with Crippen LogP contribution in [0, 0.1) is 0 Å². The minimum absolute atomic E-state index is 0.0112. The molecule has 2 heterocycles. The van der Waals surface area contributed by atoms with E-state index < -0.39 is 0 Å². The molecule has 32 heavy (non-hydrogen) atoms. The number of rotatable bonds is 7. The number of amides is 2. The number of hydrogen-bond acceptors (Lipinski definition) is 5. The van der Waals surface area contributed by atoms with Crippen LogP contribution in [0.1, 0.15) is 25.3 Å². The van der Waals surface area contributed by atoms with Gasteiger partial charge in [-0.2, -0.15) is 0 Å². The zero-order valence-corrected chi connectivity index (χ0v) is 19.4. The van der Waals surface area contributed by atoms with Crippen molar-refractivity contribution >= 4 is 17.8 Å². The average Bonchev–Trinajstić information content (AvgIpc) is 3.35. The van der Waals surface area contributed by atoms with Gasteiger partial charge in [0.15, 0.2) is 12.6 Å². The normalized spacial score (nSPS) is 19.1. The van der Waals surface area contributed by atoms with Crippen LogP contribution in [0.2, 0.25) is 0 Å². The number of carbonyl (C=O) groups is 2. The first-order valence-corrected chi connectivity index (χ1v) is 11.3. The molecule has 9 nitrogen and oxygen atoms in total. The molecule has 0 aromatic heterocycles. The number of piperazine rings is 1. The van der Waals surface area contributed by atoms with Gasteiger partial charge < -0.3 is 29.5 Å². The van der Waals surface area contributed by atoms with Crippen LogP contribution in [0.4, 0.5) is 0 Å². The van der Waals surface area contributed by atoms with Crippen LogP contribution in [0.25, 0.3) is 0 Å². The molecule has 1 N–H and O–H groups in total. The van der Waals surface area contributed by atoms with Gasteiger partial charge in [-0.1, -0.05) is 12.1 Å². The van der Waals surface area contributed by atoms with Crippen LogP contribution in [-0.2, 0) is 20.9 Å². The molecule has 0 saturated carbocycles. The molecule has 3 rings (SSSR count). The molecule has 2 saturated heterocycles. The first-order chi connectivity index (χ1) is 15.5. The summed E-state index contributed by atoms with van der Waals surface area (Å²) in [5, 5.41) is 3.36. The molecule has 2 aliphatic heterocycles. The van der Waals surface area contributed by atoms with Crippen molar-refractivity contribution in [2.45, 2.75) is 32.4 Å². The van der Waals surface area contributed by atoms with Crippen LogP contribution < -0.4 is 10.1 Å². The van der Waals surface area contributed by atoms with Crippen LogP contribution >= 0.6 is 0 Å². The van der Waals surface area contributed by atoms with E-state index in [9.17, 15) is 9.59 Å². The summed E-state index contributed by atoms with van der Waals surface area (Å²) < 4.78 is 11.2. The lowest BCUT2D eigenvalue weighted by Crippen LogP contribution is -2.55. The fourth-order valence-electron chi connectivity index (χ4n) is 3.71. The Morgan fingerprint density at radius 1 is 1.22 bits per heavy atom. The maximum atomic E-state index is 12.6. The van der Waals surface area contributed by atoms with E-state index in [4.69, 9.17) is 14.5 Å². The van der Waals surface area contributed by atoms with Gasteiger partial charge in [0.2, 0.25) is 0 Å². The Morgan fingerprint density at radius 2 is 1.97 bits per heavy atom. The van der Waals surface area contributed by atoms with E-state index in [1.165, 1.54) is 4.90 Å². The van der Waals surface area contributed by atoms with Crippen molar-refractivity contribution in [3.63, 3.8) is 0 Å². The van der Waals surface area contributed by atoms with E-state index in [1.807, 2.05) is 36.1 Å². The van der Waals surface area contributed by atoms with Gasteiger partial charge in [0, 0.05) is 53.4 Å². The van der Waals surface area contributed by atoms with E-state index >= 15 is 0 Å². The zero-order chi connectivity index (χ0) is 22.9. The van der Waals surface area contributed by atoms with Crippen molar-refractivity contribution in [3.05, 3.63) is 29.8 Å². The standard InChI is InChI=1S/C23H35N5O4/c1-4-24-23(28-12-10-27(11-13-28)22(30)20-9-6-14-31-20)25-16-18-7-5-8-19(15-18)32-17-21(29)26(2)3/h5,7-8,15,20H,4,6,9-14,16-17H2,1-3H3,(H,24,25). The quantitative estimate of drug-likeness (QED) is 0.497. The number of carbonyl (C=O) groups excluding carboxylic acids is 2. The number of nitrogens with zero attached hydrogens (tertiary/aromatic N) is 4. The monoisotopic (exact) mass is 445 g/mol. The third-order valence-corrected chi connectivity index (χ3v) is 5.60. The van der Waals surface area contributed by atoms with Crippen molar-refractivity contribution < 1.29 is 19.1 Å². The SMILES string of the molecule is CCNC(=NCc1cccc(OCC(=O)N(C)C)c1)N1CCN(C(=O)C2CCCO2)CC1. The molecule has 1 unspecified atom stereocenters. The van der Waals surface area contributed by atoms with Crippen molar-refractivity contribution in [2.24, 2.45) is 4.99 Å². The Hall–Kier alpha value is -2.81. The van der Waals surface area contributed by atoms with Crippen LogP contribution in [0.15, 0.2) is 29.3 Å². The lowest BCUT2D eigenvalue weighted by atomic mass is 10.2. The third kappa shape index (κ3) is 6.59. The molecule has 1 aromatic rings. The largest absolute Gasteiger partial charge is 0.484 e. The summed E-state index contributed by atoms with van der Waals surface area (Å²) in [6.45, 7) is 6.82. The second-order valence-electron chi connectivity index (χ2n) is 8.21. The van der Waals surface area contributed by atoms with E-state index in [1.54, 1.807) is 14.1 Å². The number of hydrogen-bond donors (Lipinski definition) is 1. The second kappa shape index (κ2) is 11.7. The molecule has 2 amide bonds. The van der Waals surface area contributed by atoms with Gasteiger partial charge in [-0.15, -0.1) is 0 Å². The molecule has 0 bridgehead atoms. The first-order valence-electron chi connectivity index (χ1n) is 11.3. The van der Waals surface area contributed by atoms with Gasteiger partial charge in [-0.3, -0.25) is 9.59 Å². The predicted octanol–water partition coefficient (Wildman–Crippen LogP) is 0.942. The zero-order valence-electron chi connectivity index (χ0n) is 19.4. The summed E-state index contributed by atoms with van der Waals surface area (Å²) >= 11 is 0. The Morgan fingerprint density at radius 3 is 2.62 bits per heavy atom. The Labute approximate surface area is 190 Å². The first kappa shape index (κ1) is 23.8. The average molecular weight is 446 g/mol. The lowest BCUT2D eigenvalue weighted by molar-refractivity contribution is -0.142. The highest BCUT2D eigenvalue weighted by Gasteiger charge is 2.30. The number of benzene rings is 1. The molecule has 1 aromatic carbocycles. The maximum Gasteiger partial charge on any atom is 0.259 e. The highest BCUT2D eigenvalue weighted by Crippen LogP contribution is 2.17. The molecule has 0 radical (unpaired) electrons. The highest BCUT2D eigenvalue weighted by atomic mass is 16.5. The van der Waals surface area contributed by atoms with Gasteiger partial charge in [0.1, 0.15) is 11.9 Å². The number of aliphatic imine (C=N–C) groups is 1. The van der Waals surface area contributed by atoms with Crippen molar-refractivity contribution in [3.8, 4) is 5.75 Å². The van der Waals surface area contributed by atoms with Gasteiger partial charge in [-0.05, 0) is 37.5 Å².